The Morgan fingerprint density at radius 1 is 1.69 bits per heavy atom. The summed E-state index contributed by atoms with van der Waals surface area (Å²) in [5.41, 5.74) is 0. The van der Waals surface area contributed by atoms with Gasteiger partial charge in [0.1, 0.15) is 0 Å². The second-order valence-corrected chi connectivity index (χ2v) is 2.63. The van der Waals surface area contributed by atoms with Crippen LogP contribution in [0.1, 0.15) is 6.92 Å². The van der Waals surface area contributed by atoms with Crippen LogP contribution in [0.25, 0.3) is 0 Å². The number of hydrogen-bond donors (Lipinski definition) is 0. The Morgan fingerprint density at radius 2 is 2.38 bits per heavy atom. The van der Waals surface area contributed by atoms with Gasteiger partial charge in [-0.25, -0.2) is 4.79 Å². The second kappa shape index (κ2) is 3.93. The number of esters is 1. The first kappa shape index (κ1) is 9.57. The van der Waals surface area contributed by atoms with Crippen LogP contribution in [0.5, 0.6) is 5.75 Å². The summed E-state index contributed by atoms with van der Waals surface area (Å²) in [6.45, 7) is 1.62. The molecule has 13 heavy (non-hydrogen) atoms. The number of rotatable bonds is 3. The first-order valence-corrected chi connectivity index (χ1v) is 3.86. The van der Waals surface area contributed by atoms with Crippen molar-refractivity contribution >= 4 is 5.97 Å². The molecular weight excluding hydrogens is 172 g/mol. The molecule has 5 nitrogen and oxygen atoms in total. The SMILES string of the molecule is COC(=O)[C@H](C)Oc1cnn(C)c1. The maximum Gasteiger partial charge on any atom is 0.346 e. The van der Waals surface area contributed by atoms with Gasteiger partial charge in [-0.05, 0) is 6.92 Å². The first-order chi connectivity index (χ1) is 6.13. The quantitative estimate of drug-likeness (QED) is 0.636. The summed E-state index contributed by atoms with van der Waals surface area (Å²) in [6, 6.07) is 0. The third kappa shape index (κ3) is 2.47. The van der Waals surface area contributed by atoms with Crippen molar-refractivity contribution in [2.75, 3.05) is 7.11 Å². The molecule has 0 fully saturated rings. The molecule has 1 atom stereocenters. The number of nitrogens with zero attached hydrogens (tertiary/aromatic N) is 2. The van der Waals surface area contributed by atoms with E-state index in [-0.39, 0.29) is 0 Å². The van der Waals surface area contributed by atoms with E-state index in [0.29, 0.717) is 5.75 Å². The Morgan fingerprint density at radius 3 is 2.85 bits per heavy atom. The summed E-state index contributed by atoms with van der Waals surface area (Å²) in [6.07, 6.45) is 2.62. The van der Waals surface area contributed by atoms with E-state index < -0.39 is 12.1 Å². The van der Waals surface area contributed by atoms with Crippen molar-refractivity contribution in [3.63, 3.8) is 0 Å². The van der Waals surface area contributed by atoms with Gasteiger partial charge in [0.05, 0.1) is 19.5 Å². The molecule has 0 aliphatic rings. The number of methoxy groups -OCH3 is 1. The van der Waals surface area contributed by atoms with E-state index >= 15 is 0 Å². The average Bonchev–Trinajstić information content (AvgIpc) is 2.49. The fourth-order valence-electron chi connectivity index (χ4n) is 0.878. The molecule has 0 N–H and O–H groups in total. The van der Waals surface area contributed by atoms with Crippen LogP contribution in [0.15, 0.2) is 12.4 Å². The third-order valence-electron chi connectivity index (χ3n) is 1.53. The summed E-state index contributed by atoms with van der Waals surface area (Å²) >= 11 is 0. The molecule has 5 heteroatoms. The van der Waals surface area contributed by atoms with E-state index in [1.54, 1.807) is 31.0 Å². The Kier molecular flexibility index (Phi) is 2.89. The predicted molar refractivity (Wildman–Crippen MR) is 45.3 cm³/mol. The van der Waals surface area contributed by atoms with Crippen LogP contribution in [0, 0.1) is 0 Å². The van der Waals surface area contributed by atoms with Crippen molar-refractivity contribution in [1.82, 2.24) is 9.78 Å². The molecule has 72 valence electrons. The minimum atomic E-state index is -0.603. The number of carbonyl (C=O) groups is 1. The minimum absolute atomic E-state index is 0.399. The van der Waals surface area contributed by atoms with Gasteiger partial charge in [-0.3, -0.25) is 4.68 Å². The van der Waals surface area contributed by atoms with E-state index in [1.807, 2.05) is 0 Å². The summed E-state index contributed by atoms with van der Waals surface area (Å²) in [4.78, 5) is 10.9. The number of carbonyl (C=O) groups excluding carboxylic acids is 1. The van der Waals surface area contributed by atoms with Gasteiger partial charge in [-0.2, -0.15) is 5.10 Å². The van der Waals surface area contributed by atoms with Gasteiger partial charge in [-0.1, -0.05) is 0 Å². The maximum atomic E-state index is 10.9. The lowest BCUT2D eigenvalue weighted by molar-refractivity contribution is -0.147. The van der Waals surface area contributed by atoms with Crippen LogP contribution in [0.2, 0.25) is 0 Å². The lowest BCUT2D eigenvalue weighted by Crippen LogP contribution is -2.24. The molecule has 0 aromatic carbocycles. The Hall–Kier alpha value is -1.52. The number of ether oxygens (including phenoxy) is 2. The smallest absolute Gasteiger partial charge is 0.346 e. The largest absolute Gasteiger partial charge is 0.476 e. The van der Waals surface area contributed by atoms with E-state index in [1.165, 1.54) is 7.11 Å². The van der Waals surface area contributed by atoms with Gasteiger partial charge in [0.15, 0.2) is 11.9 Å². The summed E-state index contributed by atoms with van der Waals surface area (Å²) in [5, 5.41) is 3.89. The highest BCUT2D eigenvalue weighted by Gasteiger charge is 2.14. The summed E-state index contributed by atoms with van der Waals surface area (Å²) in [5.74, 6) is 0.157. The molecule has 1 aromatic heterocycles. The highest BCUT2D eigenvalue weighted by molar-refractivity contribution is 5.74. The normalized spacial score (nSPS) is 12.2. The van der Waals surface area contributed by atoms with Crippen molar-refractivity contribution < 1.29 is 14.3 Å². The molecule has 0 spiro atoms. The highest BCUT2D eigenvalue weighted by Crippen LogP contribution is 2.09. The van der Waals surface area contributed by atoms with Gasteiger partial charge in [-0.15, -0.1) is 0 Å². The van der Waals surface area contributed by atoms with Gasteiger partial charge >= 0.3 is 5.97 Å². The Balaban J connectivity index is 2.54. The zero-order valence-electron chi connectivity index (χ0n) is 7.85. The van der Waals surface area contributed by atoms with Crippen molar-refractivity contribution in [3.8, 4) is 5.75 Å². The zero-order valence-corrected chi connectivity index (χ0v) is 7.85. The fraction of sp³-hybridized carbons (Fsp3) is 0.500. The van der Waals surface area contributed by atoms with Crippen LogP contribution < -0.4 is 4.74 Å². The number of aromatic nitrogens is 2. The van der Waals surface area contributed by atoms with Gasteiger partial charge < -0.3 is 9.47 Å². The molecular formula is C8H12N2O3. The van der Waals surface area contributed by atoms with Crippen LogP contribution in [0.4, 0.5) is 0 Å². The summed E-state index contributed by atoms with van der Waals surface area (Å²) in [7, 11) is 3.10. The molecule has 1 heterocycles. The monoisotopic (exact) mass is 184 g/mol. The standard InChI is InChI=1S/C8H12N2O3/c1-6(8(11)12-3)13-7-4-9-10(2)5-7/h4-6H,1-3H3/t6-/m0/s1. The second-order valence-electron chi connectivity index (χ2n) is 2.63. The summed E-state index contributed by atoms with van der Waals surface area (Å²) < 4.78 is 11.3. The number of aryl methyl sites for hydroxylation is 1. The number of hydrogen-bond acceptors (Lipinski definition) is 4. The van der Waals surface area contributed by atoms with E-state index in [0.717, 1.165) is 0 Å². The molecule has 0 saturated heterocycles. The molecule has 0 saturated carbocycles. The Bertz CT molecular complexity index is 295. The predicted octanol–water partition coefficient (Wildman–Crippen LogP) is 0.360. The first-order valence-electron chi connectivity index (χ1n) is 3.86. The van der Waals surface area contributed by atoms with Crippen molar-refractivity contribution in [1.29, 1.82) is 0 Å². The fourth-order valence-corrected chi connectivity index (χ4v) is 0.878. The van der Waals surface area contributed by atoms with Crippen molar-refractivity contribution in [3.05, 3.63) is 12.4 Å². The molecule has 0 radical (unpaired) electrons. The van der Waals surface area contributed by atoms with E-state index in [9.17, 15) is 4.79 Å². The maximum absolute atomic E-state index is 10.9. The van der Waals surface area contributed by atoms with Gasteiger partial charge in [0, 0.05) is 7.05 Å². The zero-order chi connectivity index (χ0) is 9.84. The van der Waals surface area contributed by atoms with Gasteiger partial charge in [0.25, 0.3) is 0 Å². The van der Waals surface area contributed by atoms with Crippen LogP contribution in [-0.4, -0.2) is 29.0 Å². The van der Waals surface area contributed by atoms with Crippen molar-refractivity contribution in [2.45, 2.75) is 13.0 Å². The van der Waals surface area contributed by atoms with Gasteiger partial charge in [0.2, 0.25) is 0 Å². The molecule has 1 rings (SSSR count). The van der Waals surface area contributed by atoms with E-state index in [4.69, 9.17) is 4.74 Å². The van der Waals surface area contributed by atoms with Crippen molar-refractivity contribution in [2.24, 2.45) is 7.05 Å². The molecule has 1 aromatic rings. The topological polar surface area (TPSA) is 53.4 Å². The molecule has 0 amide bonds. The Labute approximate surface area is 76.3 Å². The van der Waals surface area contributed by atoms with Crippen LogP contribution in [0.3, 0.4) is 0 Å². The minimum Gasteiger partial charge on any atom is -0.476 e. The average molecular weight is 184 g/mol. The lowest BCUT2D eigenvalue weighted by Gasteiger charge is -2.09. The highest BCUT2D eigenvalue weighted by atomic mass is 16.6. The van der Waals surface area contributed by atoms with Crippen LogP contribution >= 0.6 is 0 Å². The molecule has 0 unspecified atom stereocenters. The van der Waals surface area contributed by atoms with E-state index in [2.05, 4.69) is 9.84 Å². The molecule has 0 aliphatic heterocycles. The van der Waals surface area contributed by atoms with Crippen LogP contribution in [-0.2, 0) is 16.6 Å². The lowest BCUT2D eigenvalue weighted by atomic mass is 10.4. The third-order valence-corrected chi connectivity index (χ3v) is 1.53. The molecule has 0 bridgehead atoms. The molecule has 0 aliphatic carbocycles.